The van der Waals surface area contributed by atoms with Gasteiger partial charge >= 0.3 is 11.9 Å². The molecule has 0 saturated carbocycles. The Hall–Kier alpha value is -1.99. The van der Waals surface area contributed by atoms with Gasteiger partial charge in [0.05, 0.1) is 12.5 Å². The van der Waals surface area contributed by atoms with E-state index in [4.69, 9.17) is 9.47 Å². The Kier molecular flexibility index (Phi) is 11.5. The largest absolute Gasteiger partial charge is 0.465 e. The van der Waals surface area contributed by atoms with Crippen LogP contribution in [0.1, 0.15) is 83.1 Å². The SMILES string of the molecule is CCCCC(=O)Oc1ccc2cc([C@H](C)C(=O)OCCC(=O)CCCC[C@@H]3CCSS3)ccc2c1. The van der Waals surface area contributed by atoms with Gasteiger partial charge in [0.15, 0.2) is 0 Å². The molecule has 0 spiro atoms. The monoisotopic (exact) mass is 516 g/mol. The fourth-order valence-corrected chi connectivity index (χ4v) is 7.02. The van der Waals surface area contributed by atoms with Crippen molar-refractivity contribution >= 4 is 50.1 Å². The van der Waals surface area contributed by atoms with Crippen LogP contribution in [0.3, 0.4) is 0 Å². The molecule has 0 aliphatic carbocycles. The Morgan fingerprint density at radius 1 is 1.00 bits per heavy atom. The van der Waals surface area contributed by atoms with E-state index in [1.165, 1.54) is 18.6 Å². The zero-order valence-corrected chi connectivity index (χ0v) is 22.4. The lowest BCUT2D eigenvalue weighted by Gasteiger charge is -2.13. The van der Waals surface area contributed by atoms with Gasteiger partial charge in [-0.2, -0.15) is 0 Å². The zero-order valence-electron chi connectivity index (χ0n) is 20.8. The van der Waals surface area contributed by atoms with Crippen LogP contribution in [0.15, 0.2) is 36.4 Å². The van der Waals surface area contributed by atoms with Gasteiger partial charge < -0.3 is 9.47 Å². The Morgan fingerprint density at radius 2 is 1.80 bits per heavy atom. The number of carbonyl (C=O) groups excluding carboxylic acids is 3. The van der Waals surface area contributed by atoms with E-state index in [0.717, 1.165) is 47.3 Å². The molecular formula is C28H36O5S2. The predicted octanol–water partition coefficient (Wildman–Crippen LogP) is 7.26. The van der Waals surface area contributed by atoms with Crippen LogP contribution in [0.5, 0.6) is 5.75 Å². The molecule has 5 nitrogen and oxygen atoms in total. The van der Waals surface area contributed by atoms with Gasteiger partial charge in [0, 0.05) is 30.3 Å². The molecule has 0 aromatic heterocycles. The number of fused-ring (bicyclic) bond motifs is 1. The average molecular weight is 517 g/mol. The van der Waals surface area contributed by atoms with E-state index >= 15 is 0 Å². The van der Waals surface area contributed by atoms with Gasteiger partial charge in [-0.1, -0.05) is 65.6 Å². The summed E-state index contributed by atoms with van der Waals surface area (Å²) in [6, 6.07) is 11.3. The van der Waals surface area contributed by atoms with Gasteiger partial charge in [0.25, 0.3) is 0 Å². The van der Waals surface area contributed by atoms with Crippen LogP contribution in [-0.2, 0) is 19.1 Å². The molecular weight excluding hydrogens is 480 g/mol. The number of esters is 2. The quantitative estimate of drug-likeness (QED) is 0.113. The van der Waals surface area contributed by atoms with Crippen molar-refractivity contribution in [2.45, 2.75) is 82.8 Å². The summed E-state index contributed by atoms with van der Waals surface area (Å²) in [6.45, 7) is 3.99. The summed E-state index contributed by atoms with van der Waals surface area (Å²) in [6.07, 6.45) is 7.51. The Morgan fingerprint density at radius 3 is 2.57 bits per heavy atom. The molecule has 0 radical (unpaired) electrons. The van der Waals surface area contributed by atoms with Crippen molar-refractivity contribution in [3.05, 3.63) is 42.0 Å². The van der Waals surface area contributed by atoms with Crippen molar-refractivity contribution < 1.29 is 23.9 Å². The summed E-state index contributed by atoms with van der Waals surface area (Å²) in [4.78, 5) is 36.5. The van der Waals surface area contributed by atoms with Crippen molar-refractivity contribution in [3.63, 3.8) is 0 Å². The molecule has 1 aliphatic heterocycles. The van der Waals surface area contributed by atoms with E-state index in [1.54, 1.807) is 6.07 Å². The van der Waals surface area contributed by atoms with Gasteiger partial charge in [-0.25, -0.2) is 0 Å². The third-order valence-corrected chi connectivity index (χ3v) is 9.25. The van der Waals surface area contributed by atoms with Gasteiger partial charge in [0.2, 0.25) is 0 Å². The van der Waals surface area contributed by atoms with Gasteiger partial charge in [0.1, 0.15) is 11.5 Å². The van der Waals surface area contributed by atoms with Crippen molar-refractivity contribution in [1.82, 2.24) is 0 Å². The highest BCUT2D eigenvalue weighted by atomic mass is 33.1. The van der Waals surface area contributed by atoms with Crippen LogP contribution < -0.4 is 4.74 Å². The fraction of sp³-hybridized carbons (Fsp3) is 0.536. The summed E-state index contributed by atoms with van der Waals surface area (Å²) in [5, 5.41) is 2.65. The number of unbranched alkanes of at least 4 members (excludes halogenated alkanes) is 2. The molecule has 190 valence electrons. The molecule has 1 heterocycles. The number of hydrogen-bond donors (Lipinski definition) is 0. The van der Waals surface area contributed by atoms with E-state index in [-0.39, 0.29) is 30.7 Å². The van der Waals surface area contributed by atoms with Crippen LogP contribution >= 0.6 is 21.6 Å². The minimum Gasteiger partial charge on any atom is -0.465 e. The van der Waals surface area contributed by atoms with E-state index in [9.17, 15) is 14.4 Å². The van der Waals surface area contributed by atoms with E-state index in [0.29, 0.717) is 18.6 Å². The number of benzene rings is 2. The number of ketones is 1. The van der Waals surface area contributed by atoms with Crippen molar-refractivity contribution in [2.75, 3.05) is 12.4 Å². The maximum absolute atomic E-state index is 12.5. The Labute approximate surface area is 216 Å². The molecule has 3 rings (SSSR count). The molecule has 0 amide bonds. The molecule has 1 saturated heterocycles. The first-order valence-corrected chi connectivity index (χ1v) is 15.1. The number of rotatable bonds is 14. The molecule has 0 bridgehead atoms. The second kappa shape index (κ2) is 14.5. The molecule has 2 aromatic carbocycles. The third-order valence-electron chi connectivity index (χ3n) is 6.24. The summed E-state index contributed by atoms with van der Waals surface area (Å²) >= 11 is 0. The standard InChI is InChI=1S/C28H36O5S2/c1-3-4-9-27(30)33-25-13-12-22-18-21(10-11-23(22)19-25)20(2)28(31)32-16-14-24(29)7-5-6-8-26-15-17-34-35-26/h10-13,18-20,26H,3-9,14-17H2,1-2H3/t20-,26+/m0/s1. The molecule has 0 unspecified atom stereocenters. The van der Waals surface area contributed by atoms with Crippen LogP contribution in [0, 0.1) is 0 Å². The van der Waals surface area contributed by atoms with Crippen molar-refractivity contribution in [1.29, 1.82) is 0 Å². The minimum atomic E-state index is -0.428. The predicted molar refractivity (Wildman–Crippen MR) is 145 cm³/mol. The zero-order chi connectivity index (χ0) is 25.0. The molecule has 2 atom stereocenters. The topological polar surface area (TPSA) is 69.7 Å². The number of ether oxygens (including phenoxy) is 2. The highest BCUT2D eigenvalue weighted by Gasteiger charge is 2.18. The highest BCUT2D eigenvalue weighted by Crippen LogP contribution is 2.39. The summed E-state index contributed by atoms with van der Waals surface area (Å²) in [5.74, 6) is 0.960. The molecule has 0 N–H and O–H groups in total. The second-order valence-corrected chi connectivity index (χ2v) is 11.9. The maximum atomic E-state index is 12.5. The summed E-state index contributed by atoms with van der Waals surface area (Å²) in [5.41, 5.74) is 0.851. The Balaban J connectivity index is 1.41. The lowest BCUT2D eigenvalue weighted by Crippen LogP contribution is -2.15. The fourth-order valence-electron chi connectivity index (χ4n) is 3.99. The Bertz CT molecular complexity index is 1000. The maximum Gasteiger partial charge on any atom is 0.313 e. The van der Waals surface area contributed by atoms with Gasteiger partial charge in [-0.15, -0.1) is 0 Å². The van der Waals surface area contributed by atoms with E-state index < -0.39 is 5.92 Å². The first kappa shape index (κ1) is 27.6. The molecule has 35 heavy (non-hydrogen) atoms. The summed E-state index contributed by atoms with van der Waals surface area (Å²) in [7, 11) is 3.93. The van der Waals surface area contributed by atoms with Crippen LogP contribution in [0.25, 0.3) is 10.8 Å². The normalized spacial score (nSPS) is 16.2. The first-order chi connectivity index (χ1) is 17.0. The first-order valence-electron chi connectivity index (χ1n) is 12.7. The van der Waals surface area contributed by atoms with Crippen molar-refractivity contribution in [3.8, 4) is 5.75 Å². The van der Waals surface area contributed by atoms with Crippen LogP contribution in [0.4, 0.5) is 0 Å². The van der Waals surface area contributed by atoms with Gasteiger partial charge in [-0.3, -0.25) is 14.4 Å². The molecule has 7 heteroatoms. The lowest BCUT2D eigenvalue weighted by molar-refractivity contribution is -0.145. The van der Waals surface area contributed by atoms with Crippen LogP contribution in [0.2, 0.25) is 0 Å². The average Bonchev–Trinajstić information content (AvgIpc) is 3.38. The smallest absolute Gasteiger partial charge is 0.313 e. The lowest BCUT2D eigenvalue weighted by atomic mass is 9.98. The summed E-state index contributed by atoms with van der Waals surface area (Å²) < 4.78 is 10.8. The number of Topliss-reactive ketones (excluding diaryl/α,β-unsaturated/α-hetero) is 1. The number of hydrogen-bond acceptors (Lipinski definition) is 7. The van der Waals surface area contributed by atoms with Crippen molar-refractivity contribution in [2.24, 2.45) is 0 Å². The second-order valence-electron chi connectivity index (χ2n) is 9.10. The molecule has 2 aromatic rings. The van der Waals surface area contributed by atoms with Gasteiger partial charge in [-0.05, 0) is 61.1 Å². The highest BCUT2D eigenvalue weighted by molar-refractivity contribution is 8.77. The molecule has 1 fully saturated rings. The van der Waals surface area contributed by atoms with E-state index in [2.05, 4.69) is 0 Å². The number of carbonyl (C=O) groups is 3. The minimum absolute atomic E-state index is 0.136. The van der Waals surface area contributed by atoms with E-state index in [1.807, 2.05) is 65.8 Å². The van der Waals surface area contributed by atoms with Crippen LogP contribution in [-0.4, -0.2) is 35.3 Å². The third kappa shape index (κ3) is 9.19. The molecule has 1 aliphatic rings.